The molecule has 0 spiro atoms. The van der Waals surface area contributed by atoms with Crippen molar-refractivity contribution in [1.82, 2.24) is 0 Å². The summed E-state index contributed by atoms with van der Waals surface area (Å²) in [6, 6.07) is 22.0. The van der Waals surface area contributed by atoms with Gasteiger partial charge in [0, 0.05) is 59.6 Å². The Morgan fingerprint density at radius 1 is 0.764 bits per heavy atom. The fourth-order valence-corrected chi connectivity index (χ4v) is 7.78. The van der Waals surface area contributed by atoms with Crippen LogP contribution in [0.25, 0.3) is 5.57 Å². The van der Waals surface area contributed by atoms with Crippen molar-refractivity contribution in [2.45, 2.75) is 64.3 Å². The SMILES string of the molecule is CC1(C)C(/C=C/C(=C/C=C2/N(CCC[N+](C)(C)C)c3ccccc3C2(C)C)c2cc[n+](CCC(=O)O)cc2)=[N+](CCC[N+](C)(C)C)c2ccccc21.[Br-].[Br-].[Br-]. The molecule has 3 heterocycles. The Morgan fingerprint density at radius 3 is 1.96 bits per heavy atom. The van der Waals surface area contributed by atoms with Crippen LogP contribution in [0.2, 0.25) is 0 Å². The third-order valence-corrected chi connectivity index (χ3v) is 10.7. The Kier molecular flexibility index (Phi) is 17.1. The Hall–Kier alpha value is -2.89. The summed E-state index contributed by atoms with van der Waals surface area (Å²) in [7, 11) is 13.6. The highest BCUT2D eigenvalue weighted by atomic mass is 79.9. The second-order valence-electron chi connectivity index (χ2n) is 17.7. The summed E-state index contributed by atoms with van der Waals surface area (Å²) in [6.45, 7) is 13.9. The number of rotatable bonds is 15. The molecule has 1 aromatic heterocycles. The molecule has 300 valence electrons. The average molecular weight is 946 g/mol. The maximum atomic E-state index is 11.3. The van der Waals surface area contributed by atoms with Gasteiger partial charge in [-0.1, -0.05) is 56.3 Å². The van der Waals surface area contributed by atoms with Crippen molar-refractivity contribution >= 4 is 28.6 Å². The molecule has 0 amide bonds. The highest BCUT2D eigenvalue weighted by molar-refractivity contribution is 6.04. The number of quaternary nitrogens is 2. The number of halogens is 3. The van der Waals surface area contributed by atoms with Gasteiger partial charge in [0.05, 0.1) is 67.2 Å². The molecule has 55 heavy (non-hydrogen) atoms. The molecule has 0 saturated heterocycles. The minimum atomic E-state index is -0.791. The smallest absolute Gasteiger partial charge is 0.309 e. The van der Waals surface area contributed by atoms with Crippen molar-refractivity contribution < 1.29 is 79.0 Å². The predicted molar refractivity (Wildman–Crippen MR) is 215 cm³/mol. The third-order valence-electron chi connectivity index (χ3n) is 10.7. The van der Waals surface area contributed by atoms with Crippen LogP contribution in [0.1, 0.15) is 63.6 Å². The molecule has 10 heteroatoms. The number of carboxylic acid groups (broad SMARTS) is 1. The van der Waals surface area contributed by atoms with Gasteiger partial charge in [-0.3, -0.25) is 4.79 Å². The Bertz CT molecular complexity index is 1900. The maximum absolute atomic E-state index is 11.3. The fraction of sp³-hybridized carbons (Fsp3) is 0.444. The first-order valence-corrected chi connectivity index (χ1v) is 18.9. The number of pyridine rings is 1. The molecule has 7 nitrogen and oxygen atoms in total. The zero-order chi connectivity index (χ0) is 37.9. The lowest BCUT2D eigenvalue weighted by Crippen LogP contribution is -3.00. The van der Waals surface area contributed by atoms with Crippen molar-refractivity contribution in [3.05, 3.63) is 120 Å². The van der Waals surface area contributed by atoms with Crippen LogP contribution in [0.4, 0.5) is 11.4 Å². The van der Waals surface area contributed by atoms with Crippen LogP contribution in [-0.2, 0) is 22.2 Å². The van der Waals surface area contributed by atoms with Gasteiger partial charge in [-0.25, -0.2) is 4.57 Å². The zero-order valence-corrected chi connectivity index (χ0v) is 39.4. The fourth-order valence-electron chi connectivity index (χ4n) is 7.78. The molecule has 5 rings (SSSR count). The molecule has 1 N–H and O–H groups in total. The number of anilines is 1. The summed E-state index contributed by atoms with van der Waals surface area (Å²) in [5.41, 5.74) is 9.83. The Labute approximate surface area is 362 Å². The molecule has 0 aliphatic carbocycles. The highest BCUT2D eigenvalue weighted by Gasteiger charge is 2.44. The van der Waals surface area contributed by atoms with E-state index in [1.165, 1.54) is 33.9 Å². The van der Waals surface area contributed by atoms with Crippen LogP contribution >= 0.6 is 0 Å². The molecule has 2 aromatic carbocycles. The highest BCUT2D eigenvalue weighted by Crippen LogP contribution is 2.48. The number of benzene rings is 2. The number of aliphatic carboxylic acids is 1. The van der Waals surface area contributed by atoms with Crippen LogP contribution in [0.15, 0.2) is 103 Å². The quantitative estimate of drug-likeness (QED) is 0.113. The number of nitrogens with zero attached hydrogens (tertiary/aromatic N) is 5. The molecule has 2 aliphatic heterocycles. The number of hydrogen-bond acceptors (Lipinski definition) is 2. The molecular weight excluding hydrogens is 882 g/mol. The first-order valence-electron chi connectivity index (χ1n) is 18.9. The van der Waals surface area contributed by atoms with Crippen LogP contribution in [-0.4, -0.2) is 98.8 Å². The number of para-hydroxylation sites is 2. The summed E-state index contributed by atoms with van der Waals surface area (Å²) in [5, 5.41) is 9.26. The van der Waals surface area contributed by atoms with E-state index in [-0.39, 0.29) is 68.2 Å². The van der Waals surface area contributed by atoms with Gasteiger partial charge in [0.15, 0.2) is 31.2 Å². The van der Waals surface area contributed by atoms with Crippen LogP contribution in [0, 0.1) is 0 Å². The van der Waals surface area contributed by atoms with Gasteiger partial charge in [0.25, 0.3) is 0 Å². The normalized spacial score (nSPS) is 16.7. The standard InChI is InChI=1S/C45H62N5O2.3BrH/c1-44(2)37-17-11-13-19-39(37)47(28-15-33-49(5,6)7)41(44)23-21-35(36-25-30-46(31-26-36)32-27-43(51)52)22-24-42-45(3,4)38-18-12-14-20-40(38)48(42)29-16-34-50(8,9)10;;;/h11-14,17-26,30-31H,15-16,27-29,32-34H2,1-10H3;3*1H/q+3;;;/p-2. The maximum Gasteiger partial charge on any atom is 0.309 e. The van der Waals surface area contributed by atoms with E-state index in [0.717, 1.165) is 59.1 Å². The topological polar surface area (TPSA) is 47.4 Å². The number of allylic oxidation sites excluding steroid dienone is 6. The third kappa shape index (κ3) is 11.8. The zero-order valence-electron chi connectivity index (χ0n) is 34.6. The molecule has 3 aromatic rings. The lowest BCUT2D eigenvalue weighted by atomic mass is 9.81. The monoisotopic (exact) mass is 942 g/mol. The van der Waals surface area contributed by atoms with E-state index in [1.807, 2.05) is 17.0 Å². The van der Waals surface area contributed by atoms with Crippen LogP contribution < -0.4 is 60.4 Å². The Morgan fingerprint density at radius 2 is 1.35 bits per heavy atom. The van der Waals surface area contributed by atoms with Crippen molar-refractivity contribution in [1.29, 1.82) is 0 Å². The van der Waals surface area contributed by atoms with E-state index < -0.39 is 5.97 Å². The lowest BCUT2D eigenvalue weighted by Gasteiger charge is -2.29. The van der Waals surface area contributed by atoms with Gasteiger partial charge < -0.3 is 69.9 Å². The molecule has 0 unspecified atom stereocenters. The number of carboxylic acids is 1. The van der Waals surface area contributed by atoms with Crippen molar-refractivity contribution in [2.75, 3.05) is 73.4 Å². The molecule has 0 atom stereocenters. The number of carbonyl (C=O) groups is 1. The predicted octanol–water partition coefficient (Wildman–Crippen LogP) is -1.65. The van der Waals surface area contributed by atoms with Gasteiger partial charge in [-0.05, 0) is 48.8 Å². The van der Waals surface area contributed by atoms with Crippen molar-refractivity contribution in [3.8, 4) is 0 Å². The number of aromatic nitrogens is 1. The largest absolute Gasteiger partial charge is 1.00 e. The van der Waals surface area contributed by atoms with E-state index in [9.17, 15) is 9.90 Å². The lowest BCUT2D eigenvalue weighted by molar-refractivity contribution is -0.871. The number of hydrogen-bond donors (Lipinski definition) is 1. The van der Waals surface area contributed by atoms with Crippen molar-refractivity contribution in [2.24, 2.45) is 0 Å². The summed E-state index contributed by atoms with van der Waals surface area (Å²) >= 11 is 0. The molecular formula is C45H63Br3N5O2+. The molecule has 0 bridgehead atoms. The summed E-state index contributed by atoms with van der Waals surface area (Å²) in [6.07, 6.45) is 15.5. The van der Waals surface area contributed by atoms with E-state index in [1.54, 1.807) is 0 Å². The summed E-state index contributed by atoms with van der Waals surface area (Å²) in [4.78, 5) is 13.8. The van der Waals surface area contributed by atoms with Gasteiger partial charge >= 0.3 is 5.97 Å². The first-order chi connectivity index (χ1) is 24.4. The number of fused-ring (bicyclic) bond motifs is 2. The van der Waals surface area contributed by atoms with E-state index >= 15 is 0 Å². The van der Waals surface area contributed by atoms with Crippen LogP contribution in [0.3, 0.4) is 0 Å². The van der Waals surface area contributed by atoms with E-state index in [0.29, 0.717) is 6.54 Å². The summed E-state index contributed by atoms with van der Waals surface area (Å²) in [5.74, 6) is -0.791. The first kappa shape index (κ1) is 48.3. The second kappa shape index (κ2) is 19.5. The minimum Gasteiger partial charge on any atom is -1.00 e. The number of aryl methyl sites for hydroxylation is 1. The van der Waals surface area contributed by atoms with Gasteiger partial charge in [-0.15, -0.1) is 0 Å². The minimum absolute atomic E-state index is 0. The van der Waals surface area contributed by atoms with Crippen molar-refractivity contribution in [3.63, 3.8) is 0 Å². The van der Waals surface area contributed by atoms with Gasteiger partial charge in [0.1, 0.15) is 6.42 Å². The molecule has 2 aliphatic rings. The van der Waals surface area contributed by atoms with E-state index in [4.69, 9.17) is 0 Å². The Balaban J connectivity index is 0.00000348. The molecule has 0 fully saturated rings. The average Bonchev–Trinajstić information content (AvgIpc) is 3.41. The van der Waals surface area contributed by atoms with Gasteiger partial charge in [-0.2, -0.15) is 4.58 Å². The second-order valence-corrected chi connectivity index (χ2v) is 17.7. The summed E-state index contributed by atoms with van der Waals surface area (Å²) < 4.78 is 6.37. The van der Waals surface area contributed by atoms with E-state index in [2.05, 4.69) is 164 Å². The molecule has 0 radical (unpaired) electrons. The van der Waals surface area contributed by atoms with Crippen LogP contribution in [0.5, 0.6) is 0 Å². The molecule has 0 saturated carbocycles. The van der Waals surface area contributed by atoms with Gasteiger partial charge in [0.2, 0.25) is 5.69 Å².